The third kappa shape index (κ3) is 3.35. The zero-order valence-corrected chi connectivity index (χ0v) is 12.3. The van der Waals surface area contributed by atoms with E-state index in [0.717, 1.165) is 13.1 Å². The van der Waals surface area contributed by atoms with E-state index in [9.17, 15) is 0 Å². The molecule has 0 saturated carbocycles. The highest BCUT2D eigenvalue weighted by molar-refractivity contribution is 5.24. The number of ether oxygens (including phenoxy) is 1. The predicted octanol–water partition coefficient (Wildman–Crippen LogP) is 2.35. The van der Waals surface area contributed by atoms with Crippen LogP contribution in [0.2, 0.25) is 0 Å². The molecule has 0 radical (unpaired) electrons. The predicted molar refractivity (Wildman–Crippen MR) is 79.1 cm³/mol. The maximum atomic E-state index is 6.01. The number of piperidine rings is 1. The minimum absolute atomic E-state index is 0.311. The van der Waals surface area contributed by atoms with Crippen LogP contribution < -0.4 is 5.73 Å². The minimum atomic E-state index is 0.311. The minimum Gasteiger partial charge on any atom is -0.380 e. The number of rotatable bonds is 4. The van der Waals surface area contributed by atoms with Gasteiger partial charge < -0.3 is 10.5 Å². The lowest BCUT2D eigenvalue weighted by atomic mass is 9.93. The number of hydrogen-bond donors (Lipinski definition) is 1. The molecular weight excluding hydrogens is 236 g/mol. The van der Waals surface area contributed by atoms with Crippen molar-refractivity contribution in [3.8, 4) is 0 Å². The summed E-state index contributed by atoms with van der Waals surface area (Å²) in [6, 6.07) is 9.04. The van der Waals surface area contributed by atoms with Crippen LogP contribution in [0.5, 0.6) is 0 Å². The van der Waals surface area contributed by atoms with Crippen LogP contribution in [0, 0.1) is 12.8 Å². The molecule has 0 aliphatic carbocycles. The Morgan fingerprint density at radius 1 is 1.37 bits per heavy atom. The van der Waals surface area contributed by atoms with Gasteiger partial charge in [0.1, 0.15) is 0 Å². The van der Waals surface area contributed by atoms with Crippen LogP contribution >= 0.6 is 0 Å². The maximum absolute atomic E-state index is 6.01. The fraction of sp³-hybridized carbons (Fsp3) is 0.625. The van der Waals surface area contributed by atoms with Gasteiger partial charge in [0, 0.05) is 26.2 Å². The smallest absolute Gasteiger partial charge is 0.0724 e. The van der Waals surface area contributed by atoms with Gasteiger partial charge in [-0.2, -0.15) is 0 Å². The Kier molecular flexibility index (Phi) is 4.97. The Morgan fingerprint density at radius 2 is 2.05 bits per heavy atom. The summed E-state index contributed by atoms with van der Waals surface area (Å²) in [5.41, 5.74) is 8.62. The second-order valence-corrected chi connectivity index (χ2v) is 5.70. The van der Waals surface area contributed by atoms with E-state index in [-0.39, 0.29) is 0 Å². The molecule has 1 fully saturated rings. The van der Waals surface area contributed by atoms with E-state index in [4.69, 9.17) is 10.5 Å². The average Bonchev–Trinajstić information content (AvgIpc) is 2.43. The van der Waals surface area contributed by atoms with Gasteiger partial charge >= 0.3 is 0 Å². The van der Waals surface area contributed by atoms with Gasteiger partial charge in [0.15, 0.2) is 0 Å². The third-order valence-electron chi connectivity index (χ3n) is 4.35. The Labute approximate surface area is 116 Å². The van der Waals surface area contributed by atoms with Gasteiger partial charge in [-0.3, -0.25) is 4.90 Å². The molecular formula is C16H26N2O. The summed E-state index contributed by atoms with van der Waals surface area (Å²) < 4.78 is 5.60. The van der Waals surface area contributed by atoms with Crippen LogP contribution in [-0.4, -0.2) is 37.7 Å². The van der Waals surface area contributed by atoms with Crippen LogP contribution in [0.25, 0.3) is 0 Å². The fourth-order valence-corrected chi connectivity index (χ4v) is 2.93. The van der Waals surface area contributed by atoms with Gasteiger partial charge in [0.25, 0.3) is 0 Å². The maximum Gasteiger partial charge on any atom is 0.0724 e. The van der Waals surface area contributed by atoms with Gasteiger partial charge in [-0.05, 0) is 31.4 Å². The number of nitrogens with two attached hydrogens (primary N) is 1. The van der Waals surface area contributed by atoms with Crippen molar-refractivity contribution < 1.29 is 4.74 Å². The molecule has 1 aromatic carbocycles. The molecule has 3 unspecified atom stereocenters. The molecule has 2 rings (SSSR count). The van der Waals surface area contributed by atoms with Gasteiger partial charge in [-0.25, -0.2) is 0 Å². The highest BCUT2D eigenvalue weighted by atomic mass is 16.5. The molecule has 2 N–H and O–H groups in total. The first-order valence-corrected chi connectivity index (χ1v) is 7.19. The van der Waals surface area contributed by atoms with Crippen molar-refractivity contribution in [2.24, 2.45) is 11.7 Å². The zero-order valence-electron chi connectivity index (χ0n) is 12.3. The molecule has 1 aliphatic heterocycles. The second-order valence-electron chi connectivity index (χ2n) is 5.70. The number of likely N-dealkylation sites (tertiary alicyclic amines) is 1. The van der Waals surface area contributed by atoms with Crippen molar-refractivity contribution in [3.05, 3.63) is 35.4 Å². The van der Waals surface area contributed by atoms with E-state index in [1.54, 1.807) is 0 Å². The first-order valence-electron chi connectivity index (χ1n) is 7.19. The van der Waals surface area contributed by atoms with E-state index in [1.165, 1.54) is 17.5 Å². The van der Waals surface area contributed by atoms with E-state index in [0.29, 0.717) is 24.6 Å². The molecule has 0 spiro atoms. The molecule has 3 heteroatoms. The monoisotopic (exact) mass is 262 g/mol. The third-order valence-corrected chi connectivity index (χ3v) is 4.35. The second kappa shape index (κ2) is 6.51. The molecule has 3 atom stereocenters. The lowest BCUT2D eigenvalue weighted by Crippen LogP contribution is -2.47. The molecule has 0 aromatic heterocycles. The number of benzene rings is 1. The first-order chi connectivity index (χ1) is 9.15. The van der Waals surface area contributed by atoms with Crippen LogP contribution in [-0.2, 0) is 4.74 Å². The van der Waals surface area contributed by atoms with Gasteiger partial charge in [0.05, 0.1) is 6.10 Å². The van der Waals surface area contributed by atoms with Gasteiger partial charge in [-0.1, -0.05) is 36.8 Å². The number of nitrogens with zero attached hydrogens (tertiary/aromatic N) is 1. The fourth-order valence-electron chi connectivity index (χ4n) is 2.93. The first kappa shape index (κ1) is 14.5. The molecule has 1 aromatic rings. The van der Waals surface area contributed by atoms with Crippen molar-refractivity contribution in [1.82, 2.24) is 4.90 Å². The van der Waals surface area contributed by atoms with E-state index in [1.807, 2.05) is 7.11 Å². The van der Waals surface area contributed by atoms with E-state index >= 15 is 0 Å². The molecule has 0 amide bonds. The SMILES string of the molecule is COC1CN(C(CN)c2ccc(C)cc2)CCC1C. The largest absolute Gasteiger partial charge is 0.380 e. The molecule has 106 valence electrons. The molecule has 1 heterocycles. The van der Waals surface area contributed by atoms with Gasteiger partial charge in [0.2, 0.25) is 0 Å². The summed E-state index contributed by atoms with van der Waals surface area (Å²) in [7, 11) is 1.81. The summed E-state index contributed by atoms with van der Waals surface area (Å²) in [5.74, 6) is 0.637. The van der Waals surface area contributed by atoms with Crippen LogP contribution in [0.3, 0.4) is 0 Å². The Balaban J connectivity index is 2.11. The zero-order chi connectivity index (χ0) is 13.8. The Hall–Kier alpha value is -0.900. The number of methoxy groups -OCH3 is 1. The molecule has 1 aliphatic rings. The Morgan fingerprint density at radius 3 is 2.63 bits per heavy atom. The van der Waals surface area contributed by atoms with Crippen molar-refractivity contribution in [1.29, 1.82) is 0 Å². The number of aryl methyl sites for hydroxylation is 1. The quantitative estimate of drug-likeness (QED) is 0.905. The van der Waals surface area contributed by atoms with Crippen molar-refractivity contribution in [2.45, 2.75) is 32.4 Å². The highest BCUT2D eigenvalue weighted by Gasteiger charge is 2.30. The standard InChI is InChI=1S/C16H26N2O/c1-12-4-6-14(7-5-12)15(10-17)18-9-8-13(2)16(11-18)19-3/h4-7,13,15-16H,8-11,17H2,1-3H3. The topological polar surface area (TPSA) is 38.5 Å². The molecule has 0 bridgehead atoms. The summed E-state index contributed by atoms with van der Waals surface area (Å²) >= 11 is 0. The summed E-state index contributed by atoms with van der Waals surface area (Å²) in [6.45, 7) is 7.14. The average molecular weight is 262 g/mol. The van der Waals surface area contributed by atoms with Gasteiger partial charge in [-0.15, -0.1) is 0 Å². The summed E-state index contributed by atoms with van der Waals surface area (Å²) in [5, 5.41) is 0. The van der Waals surface area contributed by atoms with Crippen molar-refractivity contribution >= 4 is 0 Å². The van der Waals surface area contributed by atoms with Crippen molar-refractivity contribution in [2.75, 3.05) is 26.7 Å². The lowest BCUT2D eigenvalue weighted by molar-refractivity contribution is -0.0183. The van der Waals surface area contributed by atoms with Crippen molar-refractivity contribution in [3.63, 3.8) is 0 Å². The van der Waals surface area contributed by atoms with Crippen LogP contribution in [0.4, 0.5) is 0 Å². The highest BCUT2D eigenvalue weighted by Crippen LogP contribution is 2.27. The Bertz CT molecular complexity index is 390. The molecule has 1 saturated heterocycles. The summed E-state index contributed by atoms with van der Waals surface area (Å²) in [6.07, 6.45) is 1.51. The van der Waals surface area contributed by atoms with E-state index < -0.39 is 0 Å². The number of hydrogen-bond acceptors (Lipinski definition) is 3. The summed E-state index contributed by atoms with van der Waals surface area (Å²) in [4.78, 5) is 2.47. The molecule has 19 heavy (non-hydrogen) atoms. The van der Waals surface area contributed by atoms with Crippen LogP contribution in [0.15, 0.2) is 24.3 Å². The van der Waals surface area contributed by atoms with Crippen LogP contribution in [0.1, 0.15) is 30.5 Å². The molecule has 3 nitrogen and oxygen atoms in total. The van der Waals surface area contributed by atoms with E-state index in [2.05, 4.69) is 43.0 Å². The lowest BCUT2D eigenvalue weighted by Gasteiger charge is -2.40. The normalized spacial score (nSPS) is 26.3.